The van der Waals surface area contributed by atoms with E-state index < -0.39 is 18.5 Å². The van der Waals surface area contributed by atoms with Gasteiger partial charge >= 0.3 is 11.9 Å². The van der Waals surface area contributed by atoms with Crippen molar-refractivity contribution in [2.75, 3.05) is 6.61 Å². The number of aliphatic carboxylic acids is 1. The predicted octanol–water partition coefficient (Wildman–Crippen LogP) is 2.25. The number of carbonyl (C=O) groups is 3. The minimum atomic E-state index is -1.24. The second-order valence-corrected chi connectivity index (χ2v) is 5.64. The summed E-state index contributed by atoms with van der Waals surface area (Å²) in [7, 11) is 0. The second-order valence-electron chi connectivity index (χ2n) is 5.64. The average molecular weight is 350 g/mol. The summed E-state index contributed by atoms with van der Waals surface area (Å²) < 4.78 is 6.34. The van der Waals surface area contributed by atoms with Crippen molar-refractivity contribution in [1.82, 2.24) is 0 Å². The van der Waals surface area contributed by atoms with Gasteiger partial charge in [-0.3, -0.25) is 4.79 Å². The SMILES string of the molecule is O=C(O)COC(=O)c1c2ccccc2cc[n+]1CC(=O)c1ccccc1. The largest absolute Gasteiger partial charge is 0.479 e. The molecular formula is C20H16NO5+. The molecule has 3 aromatic rings. The van der Waals surface area contributed by atoms with Gasteiger partial charge in [-0.2, -0.15) is 4.57 Å². The van der Waals surface area contributed by atoms with Crippen LogP contribution in [-0.4, -0.2) is 29.4 Å². The number of hydrogen-bond acceptors (Lipinski definition) is 4. The number of nitrogens with zero attached hydrogens (tertiary/aromatic N) is 1. The van der Waals surface area contributed by atoms with Gasteiger partial charge in [-0.15, -0.1) is 0 Å². The molecule has 6 heteroatoms. The summed E-state index contributed by atoms with van der Waals surface area (Å²) >= 11 is 0. The van der Waals surface area contributed by atoms with E-state index in [9.17, 15) is 14.4 Å². The maximum Gasteiger partial charge on any atom is 0.404 e. The lowest BCUT2D eigenvalue weighted by Gasteiger charge is -2.07. The molecule has 1 heterocycles. The van der Waals surface area contributed by atoms with Gasteiger partial charge in [-0.05, 0) is 11.5 Å². The van der Waals surface area contributed by atoms with Crippen LogP contribution >= 0.6 is 0 Å². The number of pyridine rings is 1. The van der Waals surface area contributed by atoms with Crippen molar-refractivity contribution >= 4 is 28.5 Å². The molecule has 2 aromatic carbocycles. The third-order valence-corrected chi connectivity index (χ3v) is 3.87. The number of ketones is 1. The Labute approximate surface area is 149 Å². The lowest BCUT2D eigenvalue weighted by molar-refractivity contribution is -0.684. The molecule has 1 aromatic heterocycles. The molecule has 1 N–H and O–H groups in total. The number of fused-ring (bicyclic) bond motifs is 1. The van der Waals surface area contributed by atoms with Crippen molar-refractivity contribution in [1.29, 1.82) is 0 Å². The number of ether oxygens (including phenoxy) is 1. The fourth-order valence-corrected chi connectivity index (χ4v) is 2.68. The maximum absolute atomic E-state index is 12.5. The molecule has 0 saturated carbocycles. The predicted molar refractivity (Wildman–Crippen MR) is 92.8 cm³/mol. The van der Waals surface area contributed by atoms with Crippen molar-refractivity contribution in [2.24, 2.45) is 0 Å². The van der Waals surface area contributed by atoms with Crippen LogP contribution in [0.2, 0.25) is 0 Å². The van der Waals surface area contributed by atoms with E-state index in [1.165, 1.54) is 4.57 Å². The highest BCUT2D eigenvalue weighted by Crippen LogP contribution is 2.16. The molecule has 26 heavy (non-hydrogen) atoms. The van der Waals surface area contributed by atoms with Crippen molar-refractivity contribution in [3.63, 3.8) is 0 Å². The number of carbonyl (C=O) groups excluding carboxylic acids is 2. The molecule has 130 valence electrons. The number of hydrogen-bond donors (Lipinski definition) is 1. The van der Waals surface area contributed by atoms with Crippen LogP contribution in [0.4, 0.5) is 0 Å². The first-order valence-corrected chi connectivity index (χ1v) is 7.94. The van der Waals surface area contributed by atoms with Gasteiger partial charge in [0, 0.05) is 11.6 Å². The van der Waals surface area contributed by atoms with Gasteiger partial charge in [0.15, 0.2) is 12.8 Å². The molecule has 0 aliphatic rings. The molecule has 0 amide bonds. The summed E-state index contributed by atoms with van der Waals surface area (Å²) in [6.07, 6.45) is 1.63. The summed E-state index contributed by atoms with van der Waals surface area (Å²) in [5, 5.41) is 10.1. The normalized spacial score (nSPS) is 10.5. The highest BCUT2D eigenvalue weighted by atomic mass is 16.5. The van der Waals surface area contributed by atoms with Crippen LogP contribution < -0.4 is 4.57 Å². The molecule has 3 rings (SSSR count). The Kier molecular flexibility index (Phi) is 5.03. The number of benzene rings is 2. The molecule has 0 saturated heterocycles. The highest BCUT2D eigenvalue weighted by molar-refractivity contribution is 6.02. The van der Waals surface area contributed by atoms with Crippen LogP contribution in [0, 0.1) is 0 Å². The van der Waals surface area contributed by atoms with E-state index in [-0.39, 0.29) is 18.0 Å². The number of Topliss-reactive ketones (excluding diaryl/α,β-unsaturated/α-hetero) is 1. The molecule has 0 radical (unpaired) electrons. The molecule has 0 spiro atoms. The Bertz CT molecular complexity index is 982. The number of carboxylic acid groups (broad SMARTS) is 1. The van der Waals surface area contributed by atoms with Gasteiger partial charge in [-0.25, -0.2) is 9.59 Å². The first-order chi connectivity index (χ1) is 12.6. The molecular weight excluding hydrogens is 334 g/mol. The van der Waals surface area contributed by atoms with Crippen molar-refractivity contribution < 1.29 is 28.8 Å². The molecule has 0 unspecified atom stereocenters. The zero-order chi connectivity index (χ0) is 18.5. The van der Waals surface area contributed by atoms with Crippen molar-refractivity contribution in [2.45, 2.75) is 6.54 Å². The molecule has 0 aliphatic heterocycles. The van der Waals surface area contributed by atoms with E-state index in [2.05, 4.69) is 0 Å². The zero-order valence-corrected chi connectivity index (χ0v) is 13.8. The third-order valence-electron chi connectivity index (χ3n) is 3.87. The van der Waals surface area contributed by atoms with Gasteiger partial charge in [0.05, 0.1) is 5.39 Å². The number of rotatable bonds is 6. The van der Waals surface area contributed by atoms with Crippen molar-refractivity contribution in [3.8, 4) is 0 Å². The van der Waals surface area contributed by atoms with Gasteiger partial charge in [0.25, 0.3) is 5.69 Å². The van der Waals surface area contributed by atoms with Gasteiger partial charge in [0.1, 0.15) is 0 Å². The van der Waals surface area contributed by atoms with E-state index in [1.807, 2.05) is 18.2 Å². The number of aromatic nitrogens is 1. The van der Waals surface area contributed by atoms with Gasteiger partial charge in [0.2, 0.25) is 12.3 Å². The van der Waals surface area contributed by atoms with Gasteiger partial charge < -0.3 is 9.84 Å². The fraction of sp³-hybridized carbons (Fsp3) is 0.100. The first kappa shape index (κ1) is 17.3. The van der Waals surface area contributed by atoms with E-state index >= 15 is 0 Å². The first-order valence-electron chi connectivity index (χ1n) is 7.94. The quantitative estimate of drug-likeness (QED) is 0.419. The number of esters is 1. The van der Waals surface area contributed by atoms with Crippen LogP contribution in [0.25, 0.3) is 10.8 Å². The smallest absolute Gasteiger partial charge is 0.404 e. The Morgan fingerprint density at radius 3 is 2.35 bits per heavy atom. The van der Waals surface area contributed by atoms with Crippen LogP contribution in [-0.2, 0) is 16.1 Å². The van der Waals surface area contributed by atoms with Crippen LogP contribution in [0.15, 0.2) is 66.9 Å². The van der Waals surface area contributed by atoms with E-state index in [4.69, 9.17) is 9.84 Å². The Balaban J connectivity index is 2.01. The standard InChI is InChI=1S/C20H15NO5/c22-17(15-7-2-1-3-8-15)12-21-11-10-14-6-4-5-9-16(14)19(21)20(25)26-13-18(23)24/h1-11H,12-13H2/p+1. The van der Waals surface area contributed by atoms with E-state index in [0.29, 0.717) is 10.9 Å². The molecule has 6 nitrogen and oxygen atoms in total. The summed E-state index contributed by atoms with van der Waals surface area (Å²) in [4.78, 5) is 35.7. The Hall–Kier alpha value is -3.54. The van der Waals surface area contributed by atoms with E-state index in [1.54, 1.807) is 48.7 Å². The third kappa shape index (κ3) is 3.75. The summed E-state index contributed by atoms with van der Waals surface area (Å²) in [5.41, 5.74) is 0.673. The lowest BCUT2D eigenvalue weighted by Crippen LogP contribution is -2.44. The highest BCUT2D eigenvalue weighted by Gasteiger charge is 2.27. The monoisotopic (exact) mass is 350 g/mol. The minimum Gasteiger partial charge on any atom is -0.479 e. The second kappa shape index (κ2) is 7.57. The minimum absolute atomic E-state index is 0.0631. The number of carboxylic acids is 1. The maximum atomic E-state index is 12.5. The van der Waals surface area contributed by atoms with Gasteiger partial charge in [-0.1, -0.05) is 48.5 Å². The van der Waals surface area contributed by atoms with Crippen molar-refractivity contribution in [3.05, 3.63) is 78.1 Å². The van der Waals surface area contributed by atoms with Crippen LogP contribution in [0.1, 0.15) is 20.8 Å². The molecule has 0 atom stereocenters. The summed E-state index contributed by atoms with van der Waals surface area (Å²) in [6, 6.07) is 17.7. The Morgan fingerprint density at radius 2 is 1.62 bits per heavy atom. The Morgan fingerprint density at radius 1 is 0.923 bits per heavy atom. The molecule has 0 aliphatic carbocycles. The summed E-state index contributed by atoms with van der Waals surface area (Å²) in [6.45, 7) is -0.805. The van der Waals surface area contributed by atoms with Crippen LogP contribution in [0.3, 0.4) is 0 Å². The molecule has 0 fully saturated rings. The molecule has 0 bridgehead atoms. The van der Waals surface area contributed by atoms with E-state index in [0.717, 1.165) is 5.39 Å². The summed E-state index contributed by atoms with van der Waals surface area (Å²) in [5.74, 6) is -2.20. The lowest BCUT2D eigenvalue weighted by atomic mass is 10.1. The zero-order valence-electron chi connectivity index (χ0n) is 13.8. The van der Waals surface area contributed by atoms with Crippen LogP contribution in [0.5, 0.6) is 0 Å². The topological polar surface area (TPSA) is 84.6 Å². The fourth-order valence-electron chi connectivity index (χ4n) is 2.68. The average Bonchev–Trinajstić information content (AvgIpc) is 2.66.